The summed E-state index contributed by atoms with van der Waals surface area (Å²) in [5.74, 6) is -1.80. The fourth-order valence-corrected chi connectivity index (χ4v) is 7.55. The summed E-state index contributed by atoms with van der Waals surface area (Å²) >= 11 is 0. The van der Waals surface area contributed by atoms with Crippen LogP contribution in [0.25, 0.3) is 10.8 Å². The Morgan fingerprint density at radius 2 is 1.57 bits per heavy atom. The maximum absolute atomic E-state index is 12.4. The molecule has 0 aromatic heterocycles. The van der Waals surface area contributed by atoms with Crippen LogP contribution in [-0.4, -0.2) is 75.6 Å². The molecule has 2 aliphatic rings. The first-order chi connectivity index (χ1) is 22.9. The highest BCUT2D eigenvalue weighted by Crippen LogP contribution is 2.50. The van der Waals surface area contributed by atoms with E-state index in [1.807, 2.05) is 62.0 Å². The maximum atomic E-state index is 12.4. The van der Waals surface area contributed by atoms with E-state index in [1.165, 1.54) is 12.1 Å². The van der Waals surface area contributed by atoms with Crippen molar-refractivity contribution in [3.05, 3.63) is 54.1 Å². The van der Waals surface area contributed by atoms with Crippen molar-refractivity contribution in [2.24, 2.45) is 10.2 Å². The summed E-state index contributed by atoms with van der Waals surface area (Å²) in [6.07, 6.45) is 0.817. The molecule has 5 rings (SSSR count). The molecule has 1 fully saturated rings. The summed E-state index contributed by atoms with van der Waals surface area (Å²) in [7, 11) is -5.95. The lowest BCUT2D eigenvalue weighted by Gasteiger charge is -2.30. The molecule has 2 N–H and O–H groups in total. The molecule has 1 atom stereocenters. The number of unbranched alkanes of at least 4 members (excludes halogenated alkanes) is 2. The van der Waals surface area contributed by atoms with Crippen molar-refractivity contribution in [2.75, 3.05) is 30.4 Å². The lowest BCUT2D eigenvalue weighted by molar-refractivity contribution is -0.197. The van der Waals surface area contributed by atoms with Gasteiger partial charge in [-0.25, -0.2) is 4.79 Å². The van der Waals surface area contributed by atoms with Gasteiger partial charge < -0.3 is 14.6 Å². The molecule has 0 saturated carbocycles. The van der Waals surface area contributed by atoms with E-state index in [2.05, 4.69) is 5.11 Å². The Balaban J connectivity index is 1.47. The molecule has 2 aliphatic heterocycles. The molecule has 49 heavy (non-hydrogen) atoms. The molecule has 3 aromatic carbocycles. The van der Waals surface area contributed by atoms with Crippen LogP contribution in [0.2, 0.25) is 0 Å². The van der Waals surface area contributed by atoms with Crippen LogP contribution in [0.3, 0.4) is 0 Å². The van der Waals surface area contributed by atoms with Crippen molar-refractivity contribution >= 4 is 65.9 Å². The molecule has 1 saturated heterocycles. The number of carbonyl (C=O) groups excluding carboxylic acids is 3. The first-order valence-electron chi connectivity index (χ1n) is 15.5. The van der Waals surface area contributed by atoms with E-state index in [9.17, 15) is 40.3 Å². The van der Waals surface area contributed by atoms with Crippen molar-refractivity contribution < 1.29 is 45.2 Å². The summed E-state index contributed by atoms with van der Waals surface area (Å²) < 4.78 is 69.1. The smallest absolute Gasteiger partial charge is 0.333 e. The molecule has 1 unspecified atom stereocenters. The van der Waals surface area contributed by atoms with Crippen molar-refractivity contribution in [1.29, 1.82) is 0 Å². The molecule has 17 heteroatoms. The number of hydrogen-bond acceptors (Lipinski definition) is 12. The van der Waals surface area contributed by atoms with Crippen LogP contribution in [-0.2, 0) is 44.9 Å². The Bertz CT molecular complexity index is 2050. The normalized spacial score (nSPS) is 17.7. The van der Waals surface area contributed by atoms with Gasteiger partial charge in [0.1, 0.15) is 4.90 Å². The van der Waals surface area contributed by atoms with Gasteiger partial charge in [0.05, 0.1) is 10.6 Å². The molecule has 15 nitrogen and oxygen atoms in total. The van der Waals surface area contributed by atoms with Crippen molar-refractivity contribution in [1.82, 2.24) is 5.06 Å². The van der Waals surface area contributed by atoms with Gasteiger partial charge in [0.25, 0.3) is 32.1 Å². The molecule has 0 aliphatic carbocycles. The summed E-state index contributed by atoms with van der Waals surface area (Å²) in [4.78, 5) is 43.3. The number of azo groups is 1. The van der Waals surface area contributed by atoms with Crippen LogP contribution in [0.4, 0.5) is 17.1 Å². The zero-order valence-corrected chi connectivity index (χ0v) is 29.0. The van der Waals surface area contributed by atoms with Crippen molar-refractivity contribution in [3.63, 3.8) is 0 Å². The predicted octanol–water partition coefficient (Wildman–Crippen LogP) is 4.77. The van der Waals surface area contributed by atoms with Gasteiger partial charge >= 0.3 is 5.97 Å². The number of anilines is 2. The fraction of sp³-hybridized carbons (Fsp3) is 0.406. The Hall–Kier alpha value is -4.45. The van der Waals surface area contributed by atoms with Gasteiger partial charge in [-0.05, 0) is 66.3 Å². The topological polar surface area (TPSA) is 204 Å². The number of nitrogens with zero attached hydrogens (tertiary/aromatic N) is 5. The minimum Gasteiger partial charge on any atom is -0.378 e. The second-order valence-corrected chi connectivity index (χ2v) is 15.5. The number of benzene rings is 3. The van der Waals surface area contributed by atoms with Crippen molar-refractivity contribution in [2.45, 2.75) is 73.7 Å². The van der Waals surface area contributed by atoms with Crippen LogP contribution >= 0.6 is 0 Å². The van der Waals surface area contributed by atoms with E-state index >= 15 is 0 Å². The monoisotopic (exact) mass is 715 g/mol. The van der Waals surface area contributed by atoms with E-state index in [-0.39, 0.29) is 30.0 Å². The molecule has 0 spiro atoms. The van der Waals surface area contributed by atoms with Crippen LogP contribution in [0.1, 0.15) is 57.9 Å². The van der Waals surface area contributed by atoms with Gasteiger partial charge in [0.15, 0.2) is 6.17 Å². The third kappa shape index (κ3) is 7.44. The third-order valence-electron chi connectivity index (χ3n) is 8.65. The minimum absolute atomic E-state index is 0.00318. The first-order valence-corrected chi connectivity index (χ1v) is 18.4. The molecule has 2 amide bonds. The lowest BCUT2D eigenvalue weighted by atomic mass is 9.81. The highest BCUT2D eigenvalue weighted by atomic mass is 32.2. The SMILES string of the molecule is CN(C)c1ccc(N=NC2N(CCCCCC(=O)ON3C(=O)CCC3=O)c3ccc4c(S(=O)(=O)O)cc(S(=O)(=O)O)cc4c3C2(C)C)cc1. The second kappa shape index (κ2) is 13.5. The number of hydrogen-bond donors (Lipinski definition) is 2. The van der Waals surface area contributed by atoms with E-state index < -0.39 is 59.4 Å². The molecule has 2 heterocycles. The van der Waals surface area contributed by atoms with Crippen LogP contribution in [0, 0.1) is 0 Å². The van der Waals surface area contributed by atoms with Gasteiger partial charge in [-0.3, -0.25) is 18.7 Å². The Morgan fingerprint density at radius 1 is 0.918 bits per heavy atom. The second-order valence-electron chi connectivity index (χ2n) is 12.7. The molecule has 3 aromatic rings. The van der Waals surface area contributed by atoms with E-state index in [1.54, 1.807) is 6.07 Å². The number of hydroxylamine groups is 2. The van der Waals surface area contributed by atoms with Gasteiger partial charge in [-0.2, -0.15) is 27.1 Å². The minimum atomic E-state index is -4.90. The fourth-order valence-electron chi connectivity index (χ4n) is 6.21. The summed E-state index contributed by atoms with van der Waals surface area (Å²) in [6, 6.07) is 12.4. The predicted molar refractivity (Wildman–Crippen MR) is 179 cm³/mol. The molecule has 0 bridgehead atoms. The van der Waals surface area contributed by atoms with Gasteiger partial charge in [0, 0.05) is 62.1 Å². The van der Waals surface area contributed by atoms with Crippen molar-refractivity contribution in [3.8, 4) is 0 Å². The Kier molecular flexibility index (Phi) is 9.84. The van der Waals surface area contributed by atoms with Crippen LogP contribution in [0.15, 0.2) is 68.6 Å². The Morgan fingerprint density at radius 3 is 2.16 bits per heavy atom. The highest BCUT2D eigenvalue weighted by molar-refractivity contribution is 7.86. The molecular weight excluding hydrogens is 679 g/mol. The number of amides is 2. The van der Waals surface area contributed by atoms with Gasteiger partial charge in [0.2, 0.25) is 0 Å². The van der Waals surface area contributed by atoms with Gasteiger partial charge in [-0.1, -0.05) is 26.3 Å². The summed E-state index contributed by atoms with van der Waals surface area (Å²) in [5.41, 5.74) is 1.79. The number of imide groups is 1. The molecule has 262 valence electrons. The quantitative estimate of drug-likeness (QED) is 0.113. The maximum Gasteiger partial charge on any atom is 0.333 e. The Labute approximate surface area is 284 Å². The number of carbonyl (C=O) groups is 3. The third-order valence-corrected chi connectivity index (χ3v) is 10.4. The number of rotatable bonds is 12. The van der Waals surface area contributed by atoms with E-state index in [0.717, 1.165) is 5.69 Å². The standard InChI is InChI=1S/C32H37N5O10S2/c1-32(2)30-24-18-22(48(41,42)43)19-26(49(44,45)46)23(24)13-14-25(30)36(31(32)34-33-20-9-11-21(12-10-20)35(3)4)17-7-5-6-8-29(40)47-37-27(38)15-16-28(37)39/h9-14,18-19,31H,5-8,15-17H2,1-4H3,(H,41,42,43)(H,44,45,46). The first kappa shape index (κ1) is 35.8. The molecule has 0 radical (unpaired) electrons. The van der Waals surface area contributed by atoms with Gasteiger partial charge in [-0.15, -0.1) is 5.06 Å². The summed E-state index contributed by atoms with van der Waals surface area (Å²) in [5, 5.41) is 10.0. The van der Waals surface area contributed by atoms with E-state index in [4.69, 9.17) is 9.95 Å². The highest BCUT2D eigenvalue weighted by Gasteiger charge is 2.46. The number of fused-ring (bicyclic) bond motifs is 3. The zero-order valence-electron chi connectivity index (χ0n) is 27.4. The van der Waals surface area contributed by atoms with Crippen LogP contribution < -0.4 is 9.80 Å². The summed E-state index contributed by atoms with van der Waals surface area (Å²) in [6.45, 7) is 4.11. The molecular formula is C32H37N5O10S2. The average Bonchev–Trinajstić information content (AvgIpc) is 3.45. The largest absolute Gasteiger partial charge is 0.378 e. The zero-order chi connectivity index (χ0) is 35.9. The average molecular weight is 716 g/mol. The van der Waals surface area contributed by atoms with Crippen LogP contribution in [0.5, 0.6) is 0 Å². The van der Waals surface area contributed by atoms with E-state index in [0.29, 0.717) is 53.9 Å². The lowest BCUT2D eigenvalue weighted by Crippen LogP contribution is -2.40.